The molecule has 0 aromatic heterocycles. The molecule has 26 heavy (non-hydrogen) atoms. The number of nitrogens with one attached hydrogen (secondary N) is 1. The van der Waals surface area contributed by atoms with Gasteiger partial charge in [0.15, 0.2) is 0 Å². The molecule has 0 unspecified atom stereocenters. The predicted molar refractivity (Wildman–Crippen MR) is 92.8 cm³/mol. The smallest absolute Gasteiger partial charge is 0.410 e. The lowest BCUT2D eigenvalue weighted by molar-refractivity contribution is 0.0596. The Kier molecular flexibility index (Phi) is 4.59. The number of hydrogen-bond donors (Lipinski definition) is 1. The van der Waals surface area contributed by atoms with E-state index in [1.165, 1.54) is 12.1 Å². The molecule has 1 amide bonds. The van der Waals surface area contributed by atoms with Crippen molar-refractivity contribution >= 4 is 6.09 Å². The van der Waals surface area contributed by atoms with E-state index < -0.39 is 23.8 Å². The molecule has 0 bridgehead atoms. The number of hydrogen-bond acceptors (Lipinski definition) is 3. The molecular formula is C20H20F2N2O2. The second-order valence-corrected chi connectivity index (χ2v) is 6.71. The number of rotatable bonds is 2. The van der Waals surface area contributed by atoms with E-state index in [0.29, 0.717) is 19.5 Å². The third-order valence-electron chi connectivity index (χ3n) is 5.06. The summed E-state index contributed by atoms with van der Waals surface area (Å²) in [6.45, 7) is 1.88. The quantitative estimate of drug-likeness (QED) is 0.895. The Bertz CT molecular complexity index is 821. The van der Waals surface area contributed by atoms with Crippen LogP contribution in [0.4, 0.5) is 13.6 Å². The van der Waals surface area contributed by atoms with Gasteiger partial charge in [-0.25, -0.2) is 13.6 Å². The standard InChI is InChI=1S/C20H20F2N2O2/c21-14-5-6-17(18(22)11-14)19-16-4-2-1-3-13(16)8-10-24(19)20(25)26-15-7-9-23-12-15/h1-6,11,15,19,23H,7-10,12H2/t15-,19+/m1/s1. The highest BCUT2D eigenvalue weighted by molar-refractivity contribution is 5.70. The molecule has 136 valence electrons. The summed E-state index contributed by atoms with van der Waals surface area (Å²) in [4.78, 5) is 14.4. The molecule has 1 fully saturated rings. The van der Waals surface area contributed by atoms with Crippen LogP contribution < -0.4 is 5.32 Å². The van der Waals surface area contributed by atoms with Gasteiger partial charge in [-0.3, -0.25) is 4.90 Å². The minimum atomic E-state index is -0.660. The summed E-state index contributed by atoms with van der Waals surface area (Å²) < 4.78 is 33.5. The highest BCUT2D eigenvalue weighted by Crippen LogP contribution is 2.37. The average molecular weight is 358 g/mol. The highest BCUT2D eigenvalue weighted by atomic mass is 19.1. The second-order valence-electron chi connectivity index (χ2n) is 6.71. The third-order valence-corrected chi connectivity index (χ3v) is 5.06. The van der Waals surface area contributed by atoms with Crippen LogP contribution in [0.25, 0.3) is 0 Å². The molecule has 4 rings (SSSR count). The van der Waals surface area contributed by atoms with Crippen molar-refractivity contribution in [2.75, 3.05) is 19.6 Å². The number of fused-ring (bicyclic) bond motifs is 1. The molecule has 2 aromatic rings. The summed E-state index contributed by atoms with van der Waals surface area (Å²) in [5.41, 5.74) is 2.19. The van der Waals surface area contributed by atoms with Crippen LogP contribution in [0.2, 0.25) is 0 Å². The minimum absolute atomic E-state index is 0.168. The first kappa shape index (κ1) is 17.0. The summed E-state index contributed by atoms with van der Waals surface area (Å²) in [5, 5.41) is 3.16. The van der Waals surface area contributed by atoms with Gasteiger partial charge >= 0.3 is 6.09 Å². The molecule has 1 N–H and O–H groups in total. The molecule has 2 heterocycles. The lowest BCUT2D eigenvalue weighted by Crippen LogP contribution is -2.42. The maximum atomic E-state index is 14.5. The molecule has 2 aliphatic heterocycles. The van der Waals surface area contributed by atoms with Crippen molar-refractivity contribution in [2.24, 2.45) is 0 Å². The van der Waals surface area contributed by atoms with Gasteiger partial charge in [0, 0.05) is 24.7 Å². The largest absolute Gasteiger partial charge is 0.445 e. The third kappa shape index (κ3) is 3.17. The Morgan fingerprint density at radius 1 is 1.15 bits per heavy atom. The summed E-state index contributed by atoms with van der Waals surface area (Å²) in [5.74, 6) is -1.30. The van der Waals surface area contributed by atoms with E-state index in [9.17, 15) is 13.6 Å². The van der Waals surface area contributed by atoms with Gasteiger partial charge in [-0.2, -0.15) is 0 Å². The zero-order chi connectivity index (χ0) is 18.1. The van der Waals surface area contributed by atoms with E-state index >= 15 is 0 Å². The van der Waals surface area contributed by atoms with Crippen molar-refractivity contribution in [3.05, 3.63) is 70.8 Å². The molecule has 2 atom stereocenters. The SMILES string of the molecule is O=C(O[C@@H]1CCNC1)N1CCc2ccccc2[C@H]1c1ccc(F)cc1F. The summed E-state index contributed by atoms with van der Waals surface area (Å²) in [7, 11) is 0. The van der Waals surface area contributed by atoms with Gasteiger partial charge in [0.1, 0.15) is 17.7 Å². The predicted octanol–water partition coefficient (Wildman–Crippen LogP) is 3.41. The van der Waals surface area contributed by atoms with E-state index in [2.05, 4.69) is 5.32 Å². The van der Waals surface area contributed by atoms with Gasteiger partial charge in [-0.1, -0.05) is 30.3 Å². The van der Waals surface area contributed by atoms with Gasteiger partial charge in [0.05, 0.1) is 6.04 Å². The summed E-state index contributed by atoms with van der Waals surface area (Å²) in [6.07, 6.45) is 0.819. The average Bonchev–Trinajstić information content (AvgIpc) is 3.14. The van der Waals surface area contributed by atoms with Crippen LogP contribution in [0.3, 0.4) is 0 Å². The number of amides is 1. The first-order valence-corrected chi connectivity index (χ1v) is 8.84. The second kappa shape index (κ2) is 7.03. The molecule has 0 radical (unpaired) electrons. The van der Waals surface area contributed by atoms with E-state index in [1.54, 1.807) is 4.90 Å². The number of carbonyl (C=O) groups is 1. The van der Waals surface area contributed by atoms with Crippen molar-refractivity contribution < 1.29 is 18.3 Å². The van der Waals surface area contributed by atoms with Crippen LogP contribution in [0.1, 0.15) is 29.2 Å². The maximum Gasteiger partial charge on any atom is 0.410 e. The Morgan fingerprint density at radius 3 is 2.77 bits per heavy atom. The summed E-state index contributed by atoms with van der Waals surface area (Å²) >= 11 is 0. The lowest BCUT2D eigenvalue weighted by Gasteiger charge is -2.37. The zero-order valence-electron chi connectivity index (χ0n) is 14.3. The Hall–Kier alpha value is -2.47. The van der Waals surface area contributed by atoms with Crippen molar-refractivity contribution in [1.29, 1.82) is 0 Å². The van der Waals surface area contributed by atoms with E-state index in [4.69, 9.17) is 4.74 Å². The number of benzene rings is 2. The molecule has 6 heteroatoms. The summed E-state index contributed by atoms with van der Waals surface area (Å²) in [6, 6.07) is 10.5. The maximum absolute atomic E-state index is 14.5. The lowest BCUT2D eigenvalue weighted by atomic mass is 9.88. The van der Waals surface area contributed by atoms with Crippen LogP contribution in [-0.4, -0.2) is 36.7 Å². The van der Waals surface area contributed by atoms with Gasteiger partial charge in [-0.05, 0) is 36.6 Å². The molecule has 2 aliphatic rings. The fourth-order valence-corrected chi connectivity index (χ4v) is 3.76. The molecule has 4 nitrogen and oxygen atoms in total. The van der Waals surface area contributed by atoms with E-state index in [1.807, 2.05) is 24.3 Å². The Labute approximate surface area is 150 Å². The molecular weight excluding hydrogens is 338 g/mol. The Morgan fingerprint density at radius 2 is 2.00 bits per heavy atom. The van der Waals surface area contributed by atoms with Crippen LogP contribution in [-0.2, 0) is 11.2 Å². The normalized spacial score (nSPS) is 22.2. The van der Waals surface area contributed by atoms with Crippen LogP contribution in [0.15, 0.2) is 42.5 Å². The Balaban J connectivity index is 1.71. The zero-order valence-corrected chi connectivity index (χ0v) is 14.3. The number of carbonyl (C=O) groups excluding carboxylic acids is 1. The first-order chi connectivity index (χ1) is 12.6. The monoisotopic (exact) mass is 358 g/mol. The van der Waals surface area contributed by atoms with Gasteiger partial charge in [0.2, 0.25) is 0 Å². The fourth-order valence-electron chi connectivity index (χ4n) is 3.76. The molecule has 0 spiro atoms. The molecule has 1 saturated heterocycles. The van der Waals surface area contributed by atoms with Crippen molar-refractivity contribution in [3.63, 3.8) is 0 Å². The number of ether oxygens (including phenoxy) is 1. The van der Waals surface area contributed by atoms with Gasteiger partial charge < -0.3 is 10.1 Å². The van der Waals surface area contributed by atoms with Crippen molar-refractivity contribution in [2.45, 2.75) is 25.0 Å². The van der Waals surface area contributed by atoms with Gasteiger partial charge in [0.25, 0.3) is 0 Å². The fraction of sp³-hybridized carbons (Fsp3) is 0.350. The number of nitrogens with zero attached hydrogens (tertiary/aromatic N) is 1. The van der Waals surface area contributed by atoms with E-state index in [0.717, 1.165) is 30.2 Å². The van der Waals surface area contributed by atoms with Crippen molar-refractivity contribution in [3.8, 4) is 0 Å². The number of halogens is 2. The van der Waals surface area contributed by atoms with Crippen LogP contribution >= 0.6 is 0 Å². The van der Waals surface area contributed by atoms with Gasteiger partial charge in [-0.15, -0.1) is 0 Å². The molecule has 0 saturated carbocycles. The first-order valence-electron chi connectivity index (χ1n) is 8.84. The highest BCUT2D eigenvalue weighted by Gasteiger charge is 2.35. The topological polar surface area (TPSA) is 41.6 Å². The van der Waals surface area contributed by atoms with E-state index in [-0.39, 0.29) is 11.7 Å². The van der Waals surface area contributed by atoms with Crippen molar-refractivity contribution in [1.82, 2.24) is 10.2 Å². The van der Waals surface area contributed by atoms with Crippen LogP contribution in [0.5, 0.6) is 0 Å². The minimum Gasteiger partial charge on any atom is -0.445 e. The van der Waals surface area contributed by atoms with Crippen LogP contribution in [0, 0.1) is 11.6 Å². The molecule has 0 aliphatic carbocycles. The molecule has 2 aromatic carbocycles.